The fourth-order valence-corrected chi connectivity index (χ4v) is 2.02. The second kappa shape index (κ2) is 5.30. The van der Waals surface area contributed by atoms with Crippen LogP contribution in [0.3, 0.4) is 0 Å². The van der Waals surface area contributed by atoms with Gasteiger partial charge in [0.2, 0.25) is 0 Å². The number of benzene rings is 1. The van der Waals surface area contributed by atoms with Crippen LogP contribution < -0.4 is 4.74 Å². The Balaban J connectivity index is 2.04. The normalized spacial score (nSPS) is 10.4. The highest BCUT2D eigenvalue weighted by molar-refractivity contribution is 7.07. The van der Waals surface area contributed by atoms with Gasteiger partial charge in [0.15, 0.2) is 0 Å². The van der Waals surface area contributed by atoms with Crippen molar-refractivity contribution in [3.8, 4) is 5.75 Å². The topological polar surface area (TPSA) is 42.4 Å². The first kappa shape index (κ1) is 11.4. The van der Waals surface area contributed by atoms with Crippen molar-refractivity contribution in [3.05, 3.63) is 45.4 Å². The molecule has 0 aliphatic rings. The average Bonchev–Trinajstić information content (AvgIpc) is 2.80. The molecule has 0 saturated carbocycles. The van der Waals surface area contributed by atoms with E-state index in [0.717, 1.165) is 11.3 Å². The predicted octanol–water partition coefficient (Wildman–Crippen LogP) is 2.87. The summed E-state index contributed by atoms with van der Waals surface area (Å²) in [4.78, 5) is 4.11. The van der Waals surface area contributed by atoms with Crippen LogP contribution in [0.2, 0.25) is 5.02 Å². The standard InChI is InChI=1S/C11H10ClNO2S/c12-10-3-8(4-14)1-2-11(10)15-5-9-6-16-7-13-9/h1-3,6-7,14H,4-5H2. The number of halogens is 1. The summed E-state index contributed by atoms with van der Waals surface area (Å²) in [5, 5.41) is 11.4. The van der Waals surface area contributed by atoms with Gasteiger partial charge in [-0.25, -0.2) is 4.98 Å². The molecule has 0 unspecified atom stereocenters. The fourth-order valence-electron chi connectivity index (χ4n) is 1.22. The van der Waals surface area contributed by atoms with Crippen molar-refractivity contribution in [1.29, 1.82) is 0 Å². The molecule has 0 aliphatic carbocycles. The first-order valence-corrected chi connectivity index (χ1v) is 6.01. The van der Waals surface area contributed by atoms with E-state index >= 15 is 0 Å². The quantitative estimate of drug-likeness (QED) is 0.914. The fraction of sp³-hybridized carbons (Fsp3) is 0.182. The third-order valence-electron chi connectivity index (χ3n) is 2.04. The summed E-state index contributed by atoms with van der Waals surface area (Å²) in [5.74, 6) is 0.604. The molecule has 2 rings (SSSR count). The molecule has 0 fully saturated rings. The van der Waals surface area contributed by atoms with Crippen molar-refractivity contribution in [3.63, 3.8) is 0 Å². The van der Waals surface area contributed by atoms with E-state index in [1.807, 2.05) is 5.38 Å². The predicted molar refractivity (Wildman–Crippen MR) is 63.8 cm³/mol. The molecule has 0 aliphatic heterocycles. The first-order valence-electron chi connectivity index (χ1n) is 4.69. The zero-order chi connectivity index (χ0) is 11.4. The minimum absolute atomic E-state index is 0.0217. The Bertz CT molecular complexity index is 459. The molecule has 84 valence electrons. The lowest BCUT2D eigenvalue weighted by Gasteiger charge is -2.07. The van der Waals surface area contributed by atoms with Crippen molar-refractivity contribution in [2.24, 2.45) is 0 Å². The van der Waals surface area contributed by atoms with Crippen molar-refractivity contribution in [2.75, 3.05) is 0 Å². The maximum absolute atomic E-state index is 8.92. The number of nitrogens with zero attached hydrogens (tertiary/aromatic N) is 1. The molecule has 1 aromatic heterocycles. The minimum atomic E-state index is -0.0217. The number of aliphatic hydroxyl groups is 1. The van der Waals surface area contributed by atoms with Crippen LogP contribution in [0.1, 0.15) is 11.3 Å². The van der Waals surface area contributed by atoms with Gasteiger partial charge in [0.1, 0.15) is 12.4 Å². The van der Waals surface area contributed by atoms with Crippen LogP contribution in [0.25, 0.3) is 0 Å². The van der Waals surface area contributed by atoms with Gasteiger partial charge in [-0.15, -0.1) is 11.3 Å². The maximum atomic E-state index is 8.92. The summed E-state index contributed by atoms with van der Waals surface area (Å²) in [5.41, 5.74) is 3.41. The van der Waals surface area contributed by atoms with Gasteiger partial charge in [-0.05, 0) is 17.7 Å². The smallest absolute Gasteiger partial charge is 0.138 e. The van der Waals surface area contributed by atoms with E-state index in [9.17, 15) is 0 Å². The minimum Gasteiger partial charge on any atom is -0.486 e. The molecule has 0 radical (unpaired) electrons. The number of ether oxygens (including phenoxy) is 1. The maximum Gasteiger partial charge on any atom is 0.138 e. The third kappa shape index (κ3) is 2.72. The SMILES string of the molecule is OCc1ccc(OCc2cscn2)c(Cl)c1. The number of aliphatic hydroxyl groups excluding tert-OH is 1. The molecule has 16 heavy (non-hydrogen) atoms. The molecule has 2 aromatic rings. The van der Waals surface area contributed by atoms with Crippen molar-refractivity contribution in [2.45, 2.75) is 13.2 Å². The molecule has 0 saturated heterocycles. The van der Waals surface area contributed by atoms with Gasteiger partial charge in [0, 0.05) is 5.38 Å². The second-order valence-corrected chi connectivity index (χ2v) is 4.32. The lowest BCUT2D eigenvalue weighted by molar-refractivity contribution is 0.280. The highest BCUT2D eigenvalue weighted by Crippen LogP contribution is 2.26. The first-order chi connectivity index (χ1) is 7.79. The molecule has 0 bridgehead atoms. The second-order valence-electron chi connectivity index (χ2n) is 3.19. The van der Waals surface area contributed by atoms with E-state index in [0.29, 0.717) is 17.4 Å². The van der Waals surface area contributed by atoms with Gasteiger partial charge < -0.3 is 9.84 Å². The summed E-state index contributed by atoms with van der Waals surface area (Å²) >= 11 is 7.52. The van der Waals surface area contributed by atoms with Crippen LogP contribution in [0.5, 0.6) is 5.75 Å². The van der Waals surface area contributed by atoms with Crippen LogP contribution >= 0.6 is 22.9 Å². The van der Waals surface area contributed by atoms with E-state index in [1.54, 1.807) is 23.7 Å². The Kier molecular flexibility index (Phi) is 3.77. The number of thiazole rings is 1. The largest absolute Gasteiger partial charge is 0.486 e. The van der Waals surface area contributed by atoms with Gasteiger partial charge in [-0.3, -0.25) is 0 Å². The zero-order valence-electron chi connectivity index (χ0n) is 8.39. The number of aromatic nitrogens is 1. The Hall–Kier alpha value is -1.10. The van der Waals surface area contributed by atoms with E-state index in [-0.39, 0.29) is 6.61 Å². The number of rotatable bonds is 4. The van der Waals surface area contributed by atoms with Crippen LogP contribution in [0.15, 0.2) is 29.1 Å². The summed E-state index contributed by atoms with van der Waals surface area (Å²) < 4.78 is 5.51. The Morgan fingerprint density at radius 2 is 2.31 bits per heavy atom. The van der Waals surface area contributed by atoms with E-state index in [2.05, 4.69) is 4.98 Å². The molecule has 1 N–H and O–H groups in total. The summed E-state index contributed by atoms with van der Waals surface area (Å²) in [6.45, 7) is 0.383. The van der Waals surface area contributed by atoms with Gasteiger partial charge in [-0.2, -0.15) is 0 Å². The highest BCUT2D eigenvalue weighted by Gasteiger charge is 2.03. The molecule has 3 nitrogen and oxygen atoms in total. The van der Waals surface area contributed by atoms with E-state index in [1.165, 1.54) is 11.3 Å². The Labute approximate surface area is 102 Å². The van der Waals surface area contributed by atoms with Crippen molar-refractivity contribution in [1.82, 2.24) is 4.98 Å². The van der Waals surface area contributed by atoms with E-state index in [4.69, 9.17) is 21.4 Å². The molecular weight excluding hydrogens is 246 g/mol. The van der Waals surface area contributed by atoms with Crippen LogP contribution in [0, 0.1) is 0 Å². The molecule has 5 heteroatoms. The summed E-state index contributed by atoms with van der Waals surface area (Å²) in [6.07, 6.45) is 0. The van der Waals surface area contributed by atoms with Gasteiger partial charge >= 0.3 is 0 Å². The average molecular weight is 256 g/mol. The molecule has 0 amide bonds. The van der Waals surface area contributed by atoms with Gasteiger partial charge in [-0.1, -0.05) is 17.7 Å². The van der Waals surface area contributed by atoms with Gasteiger partial charge in [0.25, 0.3) is 0 Å². The Morgan fingerprint density at radius 3 is 2.94 bits per heavy atom. The van der Waals surface area contributed by atoms with Crippen molar-refractivity contribution >= 4 is 22.9 Å². The number of hydrogen-bond donors (Lipinski definition) is 1. The zero-order valence-corrected chi connectivity index (χ0v) is 9.96. The molecule has 1 heterocycles. The van der Waals surface area contributed by atoms with E-state index < -0.39 is 0 Å². The van der Waals surface area contributed by atoms with Gasteiger partial charge in [0.05, 0.1) is 22.8 Å². The van der Waals surface area contributed by atoms with Crippen LogP contribution in [-0.4, -0.2) is 10.1 Å². The third-order valence-corrected chi connectivity index (χ3v) is 2.97. The van der Waals surface area contributed by atoms with Crippen molar-refractivity contribution < 1.29 is 9.84 Å². The molecule has 1 aromatic carbocycles. The number of hydrogen-bond acceptors (Lipinski definition) is 4. The van der Waals surface area contributed by atoms with Crippen LogP contribution in [0.4, 0.5) is 0 Å². The monoisotopic (exact) mass is 255 g/mol. The summed E-state index contributed by atoms with van der Waals surface area (Å²) in [6, 6.07) is 5.22. The highest BCUT2D eigenvalue weighted by atomic mass is 35.5. The molecule has 0 spiro atoms. The lowest BCUT2D eigenvalue weighted by Crippen LogP contribution is -1.96. The Morgan fingerprint density at radius 1 is 1.44 bits per heavy atom. The van der Waals surface area contributed by atoms with Crippen LogP contribution in [-0.2, 0) is 13.2 Å². The summed E-state index contributed by atoms with van der Waals surface area (Å²) in [7, 11) is 0. The molecular formula is C11H10ClNO2S. The lowest BCUT2D eigenvalue weighted by atomic mass is 10.2. The molecule has 0 atom stereocenters.